The molecule has 0 heterocycles. The number of aliphatic carboxylic acids is 3. The molecular formula is C21H25N3O9. The quantitative estimate of drug-likeness (QED) is 0.106. The van der Waals surface area contributed by atoms with Crippen LogP contribution in [0.25, 0.3) is 0 Å². The summed E-state index contributed by atoms with van der Waals surface area (Å²) < 4.78 is 0. The molecule has 0 aliphatic carbocycles. The van der Waals surface area contributed by atoms with Crippen LogP contribution in [0.2, 0.25) is 0 Å². The molecule has 0 saturated heterocycles. The predicted octanol–water partition coefficient (Wildman–Crippen LogP) is 0.740. The average molecular weight is 463 g/mol. The fourth-order valence-electron chi connectivity index (χ4n) is 2.72. The Morgan fingerprint density at radius 1 is 0.970 bits per heavy atom. The summed E-state index contributed by atoms with van der Waals surface area (Å²) in [5, 5.41) is 41.3. The number of carboxylic acids is 3. The van der Waals surface area contributed by atoms with Crippen LogP contribution >= 0.6 is 0 Å². The lowest BCUT2D eigenvalue weighted by molar-refractivity contribution is -0.157. The normalized spacial score (nSPS) is 12.0. The summed E-state index contributed by atoms with van der Waals surface area (Å²) in [7, 11) is 0. The van der Waals surface area contributed by atoms with Crippen molar-refractivity contribution in [3.63, 3.8) is 0 Å². The van der Waals surface area contributed by atoms with Crippen molar-refractivity contribution in [3.8, 4) is 12.3 Å². The van der Waals surface area contributed by atoms with Crippen LogP contribution in [-0.2, 0) is 14.4 Å². The van der Waals surface area contributed by atoms with E-state index in [0.29, 0.717) is 17.5 Å². The SMILES string of the molecule is C#Cc1ccc(C(=O)NCCCCC(C(=O)O)N(O)C(=O)NC(CCC(=O)O)C(=O)O)cc1. The maximum Gasteiger partial charge on any atom is 0.342 e. The first-order valence-electron chi connectivity index (χ1n) is 9.87. The van der Waals surface area contributed by atoms with Gasteiger partial charge >= 0.3 is 23.9 Å². The average Bonchev–Trinajstić information content (AvgIpc) is 2.77. The lowest BCUT2D eigenvalue weighted by Gasteiger charge is -2.24. The number of hydroxylamine groups is 2. The van der Waals surface area contributed by atoms with E-state index in [2.05, 4.69) is 11.2 Å². The molecule has 1 rings (SSSR count). The number of carbonyl (C=O) groups excluding carboxylic acids is 2. The molecule has 1 aromatic carbocycles. The minimum absolute atomic E-state index is 0.134. The van der Waals surface area contributed by atoms with E-state index in [4.69, 9.17) is 16.6 Å². The summed E-state index contributed by atoms with van der Waals surface area (Å²) in [5.74, 6) is -2.26. The third-order valence-electron chi connectivity index (χ3n) is 4.53. The number of carbonyl (C=O) groups is 5. The standard InChI is InChI=1S/C21H25N3O9/c1-2-13-6-8-14(9-7-13)18(27)22-12-4-3-5-16(20(30)31)24(33)21(32)23-15(19(28)29)10-11-17(25)26/h1,6-9,15-16,33H,3-5,10-12H2,(H,22,27)(H,23,32)(H,25,26)(H,28,29)(H,30,31). The third kappa shape index (κ3) is 9.28. The van der Waals surface area contributed by atoms with Gasteiger partial charge in [-0.25, -0.2) is 14.4 Å². The molecule has 0 saturated carbocycles. The van der Waals surface area contributed by atoms with E-state index in [9.17, 15) is 34.3 Å². The Hall–Kier alpha value is -4.11. The van der Waals surface area contributed by atoms with Gasteiger partial charge in [0.2, 0.25) is 0 Å². The third-order valence-corrected chi connectivity index (χ3v) is 4.53. The number of carboxylic acid groups (broad SMARTS) is 3. The van der Waals surface area contributed by atoms with Crippen molar-refractivity contribution in [2.24, 2.45) is 0 Å². The van der Waals surface area contributed by atoms with Crippen molar-refractivity contribution < 1.29 is 44.5 Å². The molecule has 0 aliphatic rings. The zero-order valence-corrected chi connectivity index (χ0v) is 17.6. The summed E-state index contributed by atoms with van der Waals surface area (Å²) in [5.41, 5.74) is 1.02. The van der Waals surface area contributed by atoms with Gasteiger partial charge in [-0.15, -0.1) is 6.42 Å². The van der Waals surface area contributed by atoms with E-state index in [1.54, 1.807) is 24.3 Å². The monoisotopic (exact) mass is 463 g/mol. The van der Waals surface area contributed by atoms with E-state index >= 15 is 0 Å². The molecular weight excluding hydrogens is 438 g/mol. The van der Waals surface area contributed by atoms with Gasteiger partial charge in [0.25, 0.3) is 5.91 Å². The zero-order chi connectivity index (χ0) is 25.0. The first-order valence-corrected chi connectivity index (χ1v) is 9.87. The number of nitrogens with zero attached hydrogens (tertiary/aromatic N) is 1. The predicted molar refractivity (Wildman–Crippen MR) is 112 cm³/mol. The highest BCUT2D eigenvalue weighted by Crippen LogP contribution is 2.10. The van der Waals surface area contributed by atoms with Gasteiger partial charge in [-0.2, -0.15) is 5.06 Å². The Morgan fingerprint density at radius 3 is 2.12 bits per heavy atom. The Balaban J connectivity index is 2.52. The van der Waals surface area contributed by atoms with Crippen molar-refractivity contribution in [2.45, 2.75) is 44.2 Å². The first-order chi connectivity index (χ1) is 15.6. The highest BCUT2D eigenvalue weighted by Gasteiger charge is 2.31. The maximum absolute atomic E-state index is 12.1. The summed E-state index contributed by atoms with van der Waals surface area (Å²) >= 11 is 0. The zero-order valence-electron chi connectivity index (χ0n) is 17.6. The minimum atomic E-state index is -1.68. The molecule has 0 fully saturated rings. The fraction of sp³-hybridized carbons (Fsp3) is 0.381. The highest BCUT2D eigenvalue weighted by atomic mass is 16.5. The number of rotatable bonds is 13. The van der Waals surface area contributed by atoms with Gasteiger partial charge in [-0.1, -0.05) is 5.92 Å². The lowest BCUT2D eigenvalue weighted by Crippen LogP contribution is -2.52. The van der Waals surface area contributed by atoms with Crippen LogP contribution in [-0.4, -0.2) is 74.1 Å². The van der Waals surface area contributed by atoms with Crippen molar-refractivity contribution in [1.29, 1.82) is 0 Å². The molecule has 0 aromatic heterocycles. The Kier molecular flexibility index (Phi) is 10.9. The van der Waals surface area contributed by atoms with Gasteiger partial charge in [-0.3, -0.25) is 14.8 Å². The van der Waals surface area contributed by atoms with Gasteiger partial charge in [0.15, 0.2) is 6.04 Å². The number of hydrogen-bond acceptors (Lipinski definition) is 6. The molecule has 6 N–H and O–H groups in total. The van der Waals surface area contributed by atoms with E-state index in [1.165, 1.54) is 0 Å². The molecule has 0 radical (unpaired) electrons. The van der Waals surface area contributed by atoms with Gasteiger partial charge in [0, 0.05) is 24.1 Å². The smallest absolute Gasteiger partial charge is 0.342 e. The van der Waals surface area contributed by atoms with Crippen molar-refractivity contribution >= 4 is 29.8 Å². The van der Waals surface area contributed by atoms with Crippen LogP contribution in [0.3, 0.4) is 0 Å². The number of hydrogen-bond donors (Lipinski definition) is 6. The summed E-state index contributed by atoms with van der Waals surface area (Å²) in [6.45, 7) is 0.204. The Morgan fingerprint density at radius 2 is 1.61 bits per heavy atom. The molecule has 12 heteroatoms. The number of amides is 3. The van der Waals surface area contributed by atoms with Crippen molar-refractivity contribution in [3.05, 3.63) is 35.4 Å². The number of unbranched alkanes of at least 4 members (excludes halogenated alkanes) is 1. The number of nitrogens with one attached hydrogen (secondary N) is 2. The number of urea groups is 1. The second-order valence-corrected chi connectivity index (χ2v) is 6.94. The second-order valence-electron chi connectivity index (χ2n) is 6.94. The highest BCUT2D eigenvalue weighted by molar-refractivity contribution is 5.94. The van der Waals surface area contributed by atoms with Crippen LogP contribution in [0, 0.1) is 12.3 Å². The summed E-state index contributed by atoms with van der Waals surface area (Å²) in [4.78, 5) is 57.3. The van der Waals surface area contributed by atoms with Gasteiger partial charge in [0.1, 0.15) is 6.04 Å². The van der Waals surface area contributed by atoms with E-state index in [1.807, 2.05) is 5.32 Å². The summed E-state index contributed by atoms with van der Waals surface area (Å²) in [6.07, 6.45) is 4.61. The Labute approximate surface area is 189 Å². The summed E-state index contributed by atoms with van der Waals surface area (Å²) in [6, 6.07) is 1.67. The molecule has 3 amide bonds. The lowest BCUT2D eigenvalue weighted by atomic mass is 10.1. The van der Waals surface area contributed by atoms with Gasteiger partial charge in [0.05, 0.1) is 0 Å². The first kappa shape index (κ1) is 26.9. The molecule has 33 heavy (non-hydrogen) atoms. The molecule has 1 aromatic rings. The van der Waals surface area contributed by atoms with E-state index in [0.717, 1.165) is 0 Å². The van der Waals surface area contributed by atoms with Crippen LogP contribution < -0.4 is 10.6 Å². The van der Waals surface area contributed by atoms with Crippen molar-refractivity contribution in [1.82, 2.24) is 15.7 Å². The molecule has 2 unspecified atom stereocenters. The molecule has 2 atom stereocenters. The molecule has 12 nitrogen and oxygen atoms in total. The number of benzene rings is 1. The fourth-order valence-corrected chi connectivity index (χ4v) is 2.72. The van der Waals surface area contributed by atoms with Gasteiger partial charge in [-0.05, 0) is 49.9 Å². The van der Waals surface area contributed by atoms with Gasteiger partial charge < -0.3 is 26.0 Å². The van der Waals surface area contributed by atoms with Crippen LogP contribution in [0.15, 0.2) is 24.3 Å². The van der Waals surface area contributed by atoms with E-state index < -0.39 is 48.9 Å². The molecule has 0 spiro atoms. The largest absolute Gasteiger partial charge is 0.481 e. The van der Waals surface area contributed by atoms with E-state index in [-0.39, 0.29) is 30.4 Å². The second kappa shape index (κ2) is 13.3. The Bertz CT molecular complexity index is 909. The maximum atomic E-state index is 12.1. The minimum Gasteiger partial charge on any atom is -0.481 e. The van der Waals surface area contributed by atoms with Crippen LogP contribution in [0.4, 0.5) is 4.79 Å². The molecule has 178 valence electrons. The number of terminal acetylenes is 1. The van der Waals surface area contributed by atoms with Crippen molar-refractivity contribution in [2.75, 3.05) is 6.54 Å². The topological polar surface area (TPSA) is 194 Å². The molecule has 0 bridgehead atoms. The van der Waals surface area contributed by atoms with Crippen LogP contribution in [0.1, 0.15) is 48.0 Å². The molecule has 0 aliphatic heterocycles. The van der Waals surface area contributed by atoms with Crippen LogP contribution in [0.5, 0.6) is 0 Å².